The molecule has 0 spiro atoms. The van der Waals surface area contributed by atoms with E-state index in [0.717, 1.165) is 41.2 Å². The van der Waals surface area contributed by atoms with Crippen LogP contribution in [0.5, 0.6) is 0 Å². The Labute approximate surface area is 167 Å². The zero-order valence-electron chi connectivity index (χ0n) is 17.1. The van der Waals surface area contributed by atoms with Crippen LogP contribution in [-0.2, 0) is 11.2 Å². The van der Waals surface area contributed by atoms with E-state index in [1.807, 2.05) is 11.6 Å². The molecule has 1 N–H and O–H groups in total. The lowest BCUT2D eigenvalue weighted by atomic mass is 9.53. The molecule has 0 saturated heterocycles. The van der Waals surface area contributed by atoms with Gasteiger partial charge in [-0.15, -0.1) is 0 Å². The van der Waals surface area contributed by atoms with Crippen molar-refractivity contribution >= 4 is 5.91 Å². The largest absolute Gasteiger partial charge is 0.351 e. The zero-order chi connectivity index (χ0) is 19.3. The van der Waals surface area contributed by atoms with Crippen LogP contribution in [-0.4, -0.2) is 21.2 Å². The number of aryl methyl sites for hydroxylation is 3. The van der Waals surface area contributed by atoms with E-state index in [-0.39, 0.29) is 11.4 Å². The minimum Gasteiger partial charge on any atom is -0.351 e. The summed E-state index contributed by atoms with van der Waals surface area (Å²) >= 11 is 0. The lowest BCUT2D eigenvalue weighted by molar-refractivity contribution is -0.126. The third-order valence-electron chi connectivity index (χ3n) is 7.27. The van der Waals surface area contributed by atoms with Crippen LogP contribution in [0.2, 0.25) is 0 Å². The number of hydrogen-bond acceptors (Lipinski definition) is 2. The summed E-state index contributed by atoms with van der Waals surface area (Å²) in [6.07, 6.45) is 9.30. The second-order valence-electron chi connectivity index (χ2n) is 9.75. The van der Waals surface area contributed by atoms with Gasteiger partial charge < -0.3 is 5.32 Å². The van der Waals surface area contributed by atoms with Crippen LogP contribution in [0.25, 0.3) is 5.69 Å². The van der Waals surface area contributed by atoms with E-state index in [4.69, 9.17) is 0 Å². The first-order valence-corrected chi connectivity index (χ1v) is 10.9. The van der Waals surface area contributed by atoms with Gasteiger partial charge in [-0.2, -0.15) is 5.10 Å². The molecular formula is C24H31N3O. The lowest BCUT2D eigenvalue weighted by Crippen LogP contribution is -2.59. The summed E-state index contributed by atoms with van der Waals surface area (Å²) in [7, 11) is 0. The minimum absolute atomic E-state index is 0.130. The number of hydrogen-bond donors (Lipinski definition) is 1. The number of carbonyl (C=O) groups excluding carboxylic acids is 1. The molecule has 0 radical (unpaired) electrons. The van der Waals surface area contributed by atoms with Gasteiger partial charge in [-0.3, -0.25) is 4.79 Å². The van der Waals surface area contributed by atoms with E-state index < -0.39 is 0 Å². The minimum atomic E-state index is 0.130. The number of nitrogens with one attached hydrogen (secondary N) is 1. The van der Waals surface area contributed by atoms with Crippen molar-refractivity contribution < 1.29 is 4.79 Å². The number of aromatic nitrogens is 2. The Morgan fingerprint density at radius 2 is 1.68 bits per heavy atom. The Balaban J connectivity index is 1.19. The van der Waals surface area contributed by atoms with Crippen LogP contribution in [0.4, 0.5) is 0 Å². The Kier molecular flexibility index (Phi) is 4.33. The maximum Gasteiger partial charge on any atom is 0.220 e. The maximum atomic E-state index is 12.7. The summed E-state index contributed by atoms with van der Waals surface area (Å²) in [5.74, 6) is 2.85. The van der Waals surface area contributed by atoms with E-state index in [9.17, 15) is 4.79 Å². The molecule has 0 atom stereocenters. The van der Waals surface area contributed by atoms with Crippen molar-refractivity contribution in [3.63, 3.8) is 0 Å². The second kappa shape index (κ2) is 6.75. The smallest absolute Gasteiger partial charge is 0.220 e. The highest BCUT2D eigenvalue weighted by Crippen LogP contribution is 2.55. The van der Waals surface area contributed by atoms with Crippen molar-refractivity contribution in [1.29, 1.82) is 0 Å². The van der Waals surface area contributed by atoms with Gasteiger partial charge in [-0.05, 0) is 100 Å². The predicted octanol–water partition coefficient (Wildman–Crippen LogP) is 4.51. The highest BCUT2D eigenvalue weighted by molar-refractivity contribution is 5.77. The van der Waals surface area contributed by atoms with Crippen molar-refractivity contribution in [1.82, 2.24) is 15.1 Å². The summed E-state index contributed by atoms with van der Waals surface area (Å²) in [6.45, 7) is 4.09. The zero-order valence-corrected chi connectivity index (χ0v) is 17.1. The molecule has 1 aromatic heterocycles. The predicted molar refractivity (Wildman–Crippen MR) is 110 cm³/mol. The van der Waals surface area contributed by atoms with Gasteiger partial charge in [-0.1, -0.05) is 12.1 Å². The fraction of sp³-hybridized carbons (Fsp3) is 0.583. The summed E-state index contributed by atoms with van der Waals surface area (Å²) in [5.41, 5.74) is 4.59. The SMILES string of the molecule is Cc1cc(C)n(-c2ccc(CCC(=O)NC34CC5CC(CC(C5)C3)C4)cc2)n1. The van der Waals surface area contributed by atoms with Crippen LogP contribution in [0, 0.1) is 31.6 Å². The summed E-state index contributed by atoms with van der Waals surface area (Å²) in [6, 6.07) is 10.5. The fourth-order valence-corrected chi connectivity index (χ4v) is 6.57. The topological polar surface area (TPSA) is 46.9 Å². The number of rotatable bonds is 5. The van der Waals surface area contributed by atoms with Gasteiger partial charge in [0.2, 0.25) is 5.91 Å². The van der Waals surface area contributed by atoms with Crippen molar-refractivity contribution in [2.45, 2.75) is 70.8 Å². The van der Waals surface area contributed by atoms with Gasteiger partial charge in [0.25, 0.3) is 0 Å². The molecule has 6 rings (SSSR count). The molecule has 4 nitrogen and oxygen atoms in total. The van der Waals surface area contributed by atoms with E-state index in [1.165, 1.54) is 44.1 Å². The number of amides is 1. The first kappa shape index (κ1) is 18.0. The second-order valence-corrected chi connectivity index (χ2v) is 9.75. The Hall–Kier alpha value is -2.10. The molecular weight excluding hydrogens is 346 g/mol. The normalized spacial score (nSPS) is 30.6. The van der Waals surface area contributed by atoms with Crippen molar-refractivity contribution in [2.75, 3.05) is 0 Å². The Bertz CT molecular complexity index is 844. The van der Waals surface area contributed by atoms with Crippen LogP contribution in [0.3, 0.4) is 0 Å². The summed E-state index contributed by atoms with van der Waals surface area (Å²) in [4.78, 5) is 12.7. The number of benzene rings is 1. The van der Waals surface area contributed by atoms with Gasteiger partial charge in [-0.25, -0.2) is 4.68 Å². The summed E-state index contributed by atoms with van der Waals surface area (Å²) < 4.78 is 1.97. The highest BCUT2D eigenvalue weighted by atomic mass is 16.1. The van der Waals surface area contributed by atoms with E-state index in [0.29, 0.717) is 6.42 Å². The molecule has 4 heteroatoms. The van der Waals surface area contributed by atoms with Crippen LogP contribution >= 0.6 is 0 Å². The molecule has 0 aliphatic heterocycles. The quantitative estimate of drug-likeness (QED) is 0.833. The maximum absolute atomic E-state index is 12.7. The van der Waals surface area contributed by atoms with Crippen molar-refractivity contribution in [2.24, 2.45) is 17.8 Å². The van der Waals surface area contributed by atoms with Crippen LogP contribution in [0.1, 0.15) is 61.9 Å². The Morgan fingerprint density at radius 3 is 2.21 bits per heavy atom. The molecule has 4 fully saturated rings. The third kappa shape index (κ3) is 3.38. The average Bonchev–Trinajstić information content (AvgIpc) is 2.97. The van der Waals surface area contributed by atoms with Gasteiger partial charge in [0, 0.05) is 17.7 Å². The highest BCUT2D eigenvalue weighted by Gasteiger charge is 2.51. The molecule has 2 aromatic rings. The van der Waals surface area contributed by atoms with Gasteiger partial charge in [0.05, 0.1) is 11.4 Å². The monoisotopic (exact) mass is 377 g/mol. The van der Waals surface area contributed by atoms with E-state index in [1.54, 1.807) is 0 Å². The summed E-state index contributed by atoms with van der Waals surface area (Å²) in [5, 5.41) is 8.03. The molecule has 1 amide bonds. The molecule has 1 aromatic carbocycles. The molecule has 4 aliphatic rings. The first-order chi connectivity index (χ1) is 13.5. The lowest BCUT2D eigenvalue weighted by Gasteiger charge is -2.56. The fourth-order valence-electron chi connectivity index (χ4n) is 6.57. The molecule has 1 heterocycles. The van der Waals surface area contributed by atoms with Crippen molar-refractivity contribution in [3.05, 3.63) is 47.3 Å². The average molecular weight is 378 g/mol. The molecule has 4 saturated carbocycles. The van der Waals surface area contributed by atoms with Crippen LogP contribution < -0.4 is 5.32 Å². The van der Waals surface area contributed by atoms with Crippen LogP contribution in [0.15, 0.2) is 30.3 Å². The van der Waals surface area contributed by atoms with Gasteiger partial charge >= 0.3 is 0 Å². The third-order valence-corrected chi connectivity index (χ3v) is 7.27. The molecule has 4 aliphatic carbocycles. The molecule has 4 bridgehead atoms. The van der Waals surface area contributed by atoms with Crippen molar-refractivity contribution in [3.8, 4) is 5.69 Å². The van der Waals surface area contributed by atoms with Gasteiger partial charge in [0.15, 0.2) is 0 Å². The van der Waals surface area contributed by atoms with E-state index >= 15 is 0 Å². The van der Waals surface area contributed by atoms with Gasteiger partial charge in [0.1, 0.15) is 0 Å². The molecule has 28 heavy (non-hydrogen) atoms. The molecule has 148 valence electrons. The van der Waals surface area contributed by atoms with E-state index in [2.05, 4.69) is 47.7 Å². The molecule has 0 unspecified atom stereocenters. The number of carbonyl (C=O) groups is 1. The Morgan fingerprint density at radius 1 is 1.07 bits per heavy atom. The first-order valence-electron chi connectivity index (χ1n) is 10.9. The number of nitrogens with zero attached hydrogens (tertiary/aromatic N) is 2. The standard InChI is InChI=1S/C24H31N3O/c1-16-9-17(2)27(26-16)22-6-3-18(4-7-22)5-8-23(28)25-24-13-19-10-20(14-24)12-21(11-19)15-24/h3-4,6-7,9,19-21H,5,8,10-15H2,1-2H3,(H,25,28).